The third kappa shape index (κ3) is 2.02. The predicted molar refractivity (Wildman–Crippen MR) is 58.9 cm³/mol. The van der Waals surface area contributed by atoms with Crippen LogP contribution in [0.2, 0.25) is 0 Å². The average Bonchev–Trinajstić information content (AvgIpc) is 2.24. The Kier molecular flexibility index (Phi) is 2.73. The number of aryl methyl sites for hydroxylation is 1. The fraction of sp³-hybridized carbons (Fsp3) is 0.417. The van der Waals surface area contributed by atoms with Crippen LogP contribution < -0.4 is 4.90 Å². The maximum atomic E-state index is 11.8. The Balaban J connectivity index is 2.22. The smallest absolute Gasteiger partial charge is 0.255 e. The molecule has 1 aliphatic rings. The number of carbonyl (C=O) groups excluding carboxylic acids is 1. The van der Waals surface area contributed by atoms with Crippen molar-refractivity contribution in [2.45, 2.75) is 20.0 Å². The van der Waals surface area contributed by atoms with Crippen LogP contribution >= 0.6 is 0 Å². The van der Waals surface area contributed by atoms with Crippen LogP contribution in [0.3, 0.4) is 0 Å². The minimum atomic E-state index is -0.319. The molecule has 0 saturated carbocycles. The molecule has 1 heterocycles. The molecule has 1 amide bonds. The minimum Gasteiger partial charge on any atom is -0.367 e. The van der Waals surface area contributed by atoms with Crippen LogP contribution in [0.25, 0.3) is 0 Å². The second-order valence-electron chi connectivity index (χ2n) is 3.84. The zero-order valence-corrected chi connectivity index (χ0v) is 9.06. The highest BCUT2D eigenvalue weighted by molar-refractivity contribution is 5.96. The SMILES string of the molecule is Cc1ccc(N2CCO[C@@H](C)C2=O)cc1. The summed E-state index contributed by atoms with van der Waals surface area (Å²) in [5.74, 6) is 0.0464. The molecule has 0 aromatic heterocycles. The summed E-state index contributed by atoms with van der Waals surface area (Å²) < 4.78 is 5.27. The number of anilines is 1. The Morgan fingerprint density at radius 3 is 2.67 bits per heavy atom. The Bertz CT molecular complexity index is 358. The quantitative estimate of drug-likeness (QED) is 0.699. The molecule has 2 rings (SSSR count). The topological polar surface area (TPSA) is 29.5 Å². The first-order chi connectivity index (χ1) is 7.18. The third-order valence-electron chi connectivity index (χ3n) is 2.64. The highest BCUT2D eigenvalue weighted by Gasteiger charge is 2.26. The van der Waals surface area contributed by atoms with Gasteiger partial charge in [-0.15, -0.1) is 0 Å². The number of hydrogen-bond acceptors (Lipinski definition) is 2. The van der Waals surface area contributed by atoms with Gasteiger partial charge in [0.2, 0.25) is 0 Å². The van der Waals surface area contributed by atoms with E-state index in [1.54, 1.807) is 11.8 Å². The van der Waals surface area contributed by atoms with Crippen molar-refractivity contribution in [1.82, 2.24) is 0 Å². The van der Waals surface area contributed by atoms with Gasteiger partial charge in [-0.2, -0.15) is 0 Å². The third-order valence-corrected chi connectivity index (χ3v) is 2.64. The summed E-state index contributed by atoms with van der Waals surface area (Å²) >= 11 is 0. The molecular formula is C12H15NO2. The number of morpholine rings is 1. The fourth-order valence-corrected chi connectivity index (χ4v) is 1.70. The maximum absolute atomic E-state index is 11.8. The standard InChI is InChI=1S/C12H15NO2/c1-9-3-5-11(6-4-9)13-7-8-15-10(2)12(13)14/h3-6,10H,7-8H2,1-2H3/t10-/m0/s1. The zero-order valence-electron chi connectivity index (χ0n) is 9.06. The summed E-state index contributed by atoms with van der Waals surface area (Å²) in [5.41, 5.74) is 2.16. The summed E-state index contributed by atoms with van der Waals surface area (Å²) in [6.45, 7) is 5.09. The van der Waals surface area contributed by atoms with Crippen LogP contribution in [-0.2, 0) is 9.53 Å². The number of benzene rings is 1. The molecule has 1 aromatic carbocycles. The van der Waals surface area contributed by atoms with Gasteiger partial charge in [-0.25, -0.2) is 0 Å². The van der Waals surface area contributed by atoms with Crippen LogP contribution in [0, 0.1) is 6.92 Å². The largest absolute Gasteiger partial charge is 0.367 e. The monoisotopic (exact) mass is 205 g/mol. The lowest BCUT2D eigenvalue weighted by atomic mass is 10.2. The summed E-state index contributed by atoms with van der Waals surface area (Å²) in [7, 11) is 0. The number of hydrogen-bond donors (Lipinski definition) is 0. The molecule has 0 radical (unpaired) electrons. The van der Waals surface area contributed by atoms with Gasteiger partial charge < -0.3 is 9.64 Å². The van der Waals surface area contributed by atoms with Crippen molar-refractivity contribution in [2.24, 2.45) is 0 Å². The zero-order chi connectivity index (χ0) is 10.8. The van der Waals surface area contributed by atoms with Crippen molar-refractivity contribution in [3.63, 3.8) is 0 Å². The molecule has 1 saturated heterocycles. The van der Waals surface area contributed by atoms with Gasteiger partial charge >= 0.3 is 0 Å². The number of nitrogens with zero attached hydrogens (tertiary/aromatic N) is 1. The van der Waals surface area contributed by atoms with Crippen LogP contribution in [0.5, 0.6) is 0 Å². The predicted octanol–water partition coefficient (Wildman–Crippen LogP) is 1.75. The molecule has 3 nitrogen and oxygen atoms in total. The Hall–Kier alpha value is -1.35. The minimum absolute atomic E-state index is 0.0464. The lowest BCUT2D eigenvalue weighted by molar-refractivity contribution is -0.132. The molecular weight excluding hydrogens is 190 g/mol. The molecule has 3 heteroatoms. The van der Waals surface area contributed by atoms with E-state index >= 15 is 0 Å². The molecule has 1 atom stereocenters. The highest BCUT2D eigenvalue weighted by Crippen LogP contribution is 2.19. The fourth-order valence-electron chi connectivity index (χ4n) is 1.70. The van der Waals surface area contributed by atoms with Gasteiger partial charge in [0.05, 0.1) is 6.61 Å². The summed E-state index contributed by atoms with van der Waals surface area (Å²) in [5, 5.41) is 0. The highest BCUT2D eigenvalue weighted by atomic mass is 16.5. The molecule has 15 heavy (non-hydrogen) atoms. The van der Waals surface area contributed by atoms with Crippen LogP contribution in [0.4, 0.5) is 5.69 Å². The van der Waals surface area contributed by atoms with Gasteiger partial charge in [-0.3, -0.25) is 4.79 Å². The van der Waals surface area contributed by atoms with Crippen molar-refractivity contribution in [3.05, 3.63) is 29.8 Å². The van der Waals surface area contributed by atoms with Crippen LogP contribution in [-0.4, -0.2) is 25.2 Å². The Morgan fingerprint density at radius 2 is 2.00 bits per heavy atom. The van der Waals surface area contributed by atoms with Crippen LogP contribution in [0.1, 0.15) is 12.5 Å². The van der Waals surface area contributed by atoms with E-state index in [-0.39, 0.29) is 12.0 Å². The molecule has 0 unspecified atom stereocenters. The number of amides is 1. The first-order valence-corrected chi connectivity index (χ1v) is 5.18. The normalized spacial score (nSPS) is 21.9. The van der Waals surface area contributed by atoms with Gasteiger partial charge in [0.25, 0.3) is 5.91 Å². The first kappa shape index (κ1) is 10.2. The van der Waals surface area contributed by atoms with E-state index in [1.807, 2.05) is 31.2 Å². The van der Waals surface area contributed by atoms with Gasteiger partial charge in [-0.05, 0) is 26.0 Å². The Morgan fingerprint density at radius 1 is 1.33 bits per heavy atom. The van der Waals surface area contributed by atoms with E-state index in [0.29, 0.717) is 13.2 Å². The van der Waals surface area contributed by atoms with E-state index < -0.39 is 0 Å². The lowest BCUT2D eigenvalue weighted by Gasteiger charge is -2.30. The summed E-state index contributed by atoms with van der Waals surface area (Å²) in [6.07, 6.45) is -0.319. The first-order valence-electron chi connectivity index (χ1n) is 5.18. The molecule has 0 N–H and O–H groups in total. The van der Waals surface area contributed by atoms with Gasteiger partial charge in [0.15, 0.2) is 0 Å². The van der Waals surface area contributed by atoms with E-state index in [9.17, 15) is 4.79 Å². The van der Waals surface area contributed by atoms with Crippen LogP contribution in [0.15, 0.2) is 24.3 Å². The molecule has 0 bridgehead atoms. The number of carbonyl (C=O) groups is 1. The van der Waals surface area contributed by atoms with Gasteiger partial charge in [0, 0.05) is 12.2 Å². The van der Waals surface area contributed by atoms with Crippen molar-refractivity contribution in [3.8, 4) is 0 Å². The maximum Gasteiger partial charge on any atom is 0.255 e. The number of ether oxygens (including phenoxy) is 1. The van der Waals surface area contributed by atoms with E-state index in [2.05, 4.69) is 0 Å². The number of rotatable bonds is 1. The van der Waals surface area contributed by atoms with Crippen molar-refractivity contribution < 1.29 is 9.53 Å². The molecule has 80 valence electrons. The molecule has 0 aliphatic carbocycles. The molecule has 1 aliphatic heterocycles. The molecule has 1 fully saturated rings. The van der Waals surface area contributed by atoms with Gasteiger partial charge in [-0.1, -0.05) is 17.7 Å². The van der Waals surface area contributed by atoms with E-state index in [4.69, 9.17) is 4.74 Å². The van der Waals surface area contributed by atoms with Gasteiger partial charge in [0.1, 0.15) is 6.10 Å². The van der Waals surface area contributed by atoms with Crippen molar-refractivity contribution >= 4 is 11.6 Å². The Labute approximate surface area is 89.7 Å². The van der Waals surface area contributed by atoms with Crippen molar-refractivity contribution in [1.29, 1.82) is 0 Å². The average molecular weight is 205 g/mol. The summed E-state index contributed by atoms with van der Waals surface area (Å²) in [6, 6.07) is 7.99. The molecule has 0 spiro atoms. The molecule has 1 aromatic rings. The van der Waals surface area contributed by atoms with E-state index in [1.165, 1.54) is 5.56 Å². The van der Waals surface area contributed by atoms with E-state index in [0.717, 1.165) is 5.69 Å². The lowest BCUT2D eigenvalue weighted by Crippen LogP contribution is -2.46. The van der Waals surface area contributed by atoms with Crippen molar-refractivity contribution in [2.75, 3.05) is 18.1 Å². The second-order valence-corrected chi connectivity index (χ2v) is 3.84. The second kappa shape index (κ2) is 4.03. The summed E-state index contributed by atoms with van der Waals surface area (Å²) in [4.78, 5) is 13.6.